The van der Waals surface area contributed by atoms with Gasteiger partial charge in [0.25, 0.3) is 0 Å². The molecule has 6 heteroatoms. The van der Waals surface area contributed by atoms with Crippen molar-refractivity contribution in [3.05, 3.63) is 36.9 Å². The summed E-state index contributed by atoms with van der Waals surface area (Å²) in [5.41, 5.74) is 0. The first-order valence-corrected chi connectivity index (χ1v) is 8.02. The van der Waals surface area contributed by atoms with E-state index in [4.69, 9.17) is 4.74 Å². The summed E-state index contributed by atoms with van der Waals surface area (Å²) in [6.45, 7) is 5.89. The van der Waals surface area contributed by atoms with Gasteiger partial charge in [-0.1, -0.05) is 0 Å². The molecule has 0 spiro atoms. The van der Waals surface area contributed by atoms with Crippen molar-refractivity contribution in [2.24, 2.45) is 5.92 Å². The minimum absolute atomic E-state index is 0.699. The molecule has 0 amide bonds. The molecule has 0 bridgehead atoms. The van der Waals surface area contributed by atoms with Crippen LogP contribution in [0.5, 0.6) is 0 Å². The number of aromatic nitrogens is 4. The van der Waals surface area contributed by atoms with Gasteiger partial charge in [0.05, 0.1) is 19.5 Å². The summed E-state index contributed by atoms with van der Waals surface area (Å²) in [5.74, 6) is 1.84. The number of imidazole rings is 2. The molecule has 1 aliphatic heterocycles. The van der Waals surface area contributed by atoms with Gasteiger partial charge in [-0.2, -0.15) is 0 Å². The standard InChI is InChI=1S/C16H25N5O/c1-22-10-9-21-8-5-18-16(21)13-19-6-2-3-15(11-19)12-20-7-4-17-14-20/h4-5,7-8,14-15H,2-3,6,9-13H2,1H3. The molecule has 120 valence electrons. The Hall–Kier alpha value is -1.66. The first-order chi connectivity index (χ1) is 10.8. The maximum absolute atomic E-state index is 5.17. The fourth-order valence-electron chi connectivity index (χ4n) is 3.22. The van der Waals surface area contributed by atoms with Gasteiger partial charge in [-0.05, 0) is 25.3 Å². The summed E-state index contributed by atoms with van der Waals surface area (Å²) in [7, 11) is 1.74. The molecule has 1 aliphatic rings. The maximum Gasteiger partial charge on any atom is 0.122 e. The average Bonchev–Trinajstić information content (AvgIpc) is 3.18. The highest BCUT2D eigenvalue weighted by Gasteiger charge is 2.21. The van der Waals surface area contributed by atoms with E-state index in [2.05, 4.69) is 30.2 Å². The predicted molar refractivity (Wildman–Crippen MR) is 84.3 cm³/mol. The zero-order valence-electron chi connectivity index (χ0n) is 13.3. The molecule has 22 heavy (non-hydrogen) atoms. The number of hydrogen-bond donors (Lipinski definition) is 0. The third-order valence-corrected chi connectivity index (χ3v) is 4.33. The van der Waals surface area contributed by atoms with Crippen molar-refractivity contribution in [1.29, 1.82) is 0 Å². The normalized spacial score (nSPS) is 19.6. The van der Waals surface area contributed by atoms with E-state index in [1.54, 1.807) is 7.11 Å². The topological polar surface area (TPSA) is 48.1 Å². The van der Waals surface area contributed by atoms with Gasteiger partial charge >= 0.3 is 0 Å². The number of piperidine rings is 1. The van der Waals surface area contributed by atoms with Gasteiger partial charge in [0, 0.05) is 51.5 Å². The quantitative estimate of drug-likeness (QED) is 0.780. The van der Waals surface area contributed by atoms with Crippen molar-refractivity contribution in [1.82, 2.24) is 24.0 Å². The van der Waals surface area contributed by atoms with Crippen LogP contribution in [0.4, 0.5) is 0 Å². The van der Waals surface area contributed by atoms with E-state index in [1.807, 2.05) is 24.9 Å². The molecule has 1 unspecified atom stereocenters. The molecule has 0 N–H and O–H groups in total. The van der Waals surface area contributed by atoms with Crippen molar-refractivity contribution in [2.45, 2.75) is 32.5 Å². The van der Waals surface area contributed by atoms with Crippen molar-refractivity contribution >= 4 is 0 Å². The molecule has 0 aliphatic carbocycles. The van der Waals surface area contributed by atoms with Crippen LogP contribution in [-0.2, 0) is 24.4 Å². The highest BCUT2D eigenvalue weighted by atomic mass is 16.5. The minimum Gasteiger partial charge on any atom is -0.383 e. The van der Waals surface area contributed by atoms with Crippen LogP contribution in [0.2, 0.25) is 0 Å². The van der Waals surface area contributed by atoms with Crippen LogP contribution in [0, 0.1) is 5.92 Å². The molecule has 1 atom stereocenters. The highest BCUT2D eigenvalue weighted by Crippen LogP contribution is 2.19. The van der Waals surface area contributed by atoms with Gasteiger partial charge < -0.3 is 13.9 Å². The summed E-state index contributed by atoms with van der Waals surface area (Å²) in [4.78, 5) is 11.2. The van der Waals surface area contributed by atoms with Crippen LogP contribution < -0.4 is 0 Å². The Kier molecular flexibility index (Phi) is 5.24. The van der Waals surface area contributed by atoms with E-state index < -0.39 is 0 Å². The van der Waals surface area contributed by atoms with E-state index in [-0.39, 0.29) is 0 Å². The van der Waals surface area contributed by atoms with Gasteiger partial charge in [0.2, 0.25) is 0 Å². The Balaban J connectivity index is 1.55. The van der Waals surface area contributed by atoms with Gasteiger partial charge in [0.1, 0.15) is 5.82 Å². The predicted octanol–water partition coefficient (Wildman–Crippen LogP) is 1.64. The second kappa shape index (κ2) is 7.56. The van der Waals surface area contributed by atoms with Crippen molar-refractivity contribution < 1.29 is 4.74 Å². The molecule has 1 fully saturated rings. The van der Waals surface area contributed by atoms with E-state index in [0.717, 1.165) is 45.2 Å². The van der Waals surface area contributed by atoms with E-state index in [9.17, 15) is 0 Å². The molecule has 1 saturated heterocycles. The van der Waals surface area contributed by atoms with E-state index >= 15 is 0 Å². The fraction of sp³-hybridized carbons (Fsp3) is 0.625. The number of ether oxygens (including phenoxy) is 1. The lowest BCUT2D eigenvalue weighted by Gasteiger charge is -2.32. The number of methoxy groups -OCH3 is 1. The van der Waals surface area contributed by atoms with Crippen LogP contribution in [0.15, 0.2) is 31.1 Å². The van der Waals surface area contributed by atoms with Crippen molar-refractivity contribution in [3.63, 3.8) is 0 Å². The molecular formula is C16H25N5O. The molecule has 0 saturated carbocycles. The van der Waals surface area contributed by atoms with Crippen LogP contribution in [0.25, 0.3) is 0 Å². The van der Waals surface area contributed by atoms with Gasteiger partial charge in [-0.3, -0.25) is 4.90 Å². The van der Waals surface area contributed by atoms with Crippen molar-refractivity contribution in [2.75, 3.05) is 26.8 Å². The number of likely N-dealkylation sites (tertiary alicyclic amines) is 1. The summed E-state index contributed by atoms with van der Waals surface area (Å²) in [6.07, 6.45) is 12.3. The molecule has 0 aromatic carbocycles. The van der Waals surface area contributed by atoms with Gasteiger partial charge in [-0.25, -0.2) is 9.97 Å². The van der Waals surface area contributed by atoms with Gasteiger partial charge in [0.15, 0.2) is 0 Å². The molecule has 0 radical (unpaired) electrons. The average molecular weight is 303 g/mol. The Bertz CT molecular complexity index is 551. The lowest BCUT2D eigenvalue weighted by atomic mass is 9.98. The van der Waals surface area contributed by atoms with E-state index in [0.29, 0.717) is 5.92 Å². The third-order valence-electron chi connectivity index (χ3n) is 4.33. The van der Waals surface area contributed by atoms with Crippen LogP contribution in [0.1, 0.15) is 18.7 Å². The first-order valence-electron chi connectivity index (χ1n) is 8.02. The number of hydrogen-bond acceptors (Lipinski definition) is 4. The molecule has 3 heterocycles. The molecule has 2 aromatic heterocycles. The largest absolute Gasteiger partial charge is 0.383 e. The molecule has 6 nitrogen and oxygen atoms in total. The SMILES string of the molecule is COCCn1ccnc1CN1CCCC(Cn2ccnc2)C1. The first kappa shape index (κ1) is 15.2. The Morgan fingerprint density at radius 2 is 2.27 bits per heavy atom. The molecule has 2 aromatic rings. The zero-order chi connectivity index (χ0) is 15.2. The summed E-state index contributed by atoms with van der Waals surface area (Å²) in [6, 6.07) is 0. The maximum atomic E-state index is 5.17. The Morgan fingerprint density at radius 3 is 3.09 bits per heavy atom. The second-order valence-corrected chi connectivity index (χ2v) is 6.03. The monoisotopic (exact) mass is 303 g/mol. The summed E-state index contributed by atoms with van der Waals surface area (Å²) < 4.78 is 9.55. The second-order valence-electron chi connectivity index (χ2n) is 6.03. The highest BCUT2D eigenvalue weighted by molar-refractivity contribution is 4.93. The van der Waals surface area contributed by atoms with Crippen LogP contribution in [-0.4, -0.2) is 50.8 Å². The number of rotatable bonds is 7. The third kappa shape index (κ3) is 3.96. The Morgan fingerprint density at radius 1 is 1.32 bits per heavy atom. The van der Waals surface area contributed by atoms with Crippen molar-refractivity contribution in [3.8, 4) is 0 Å². The van der Waals surface area contributed by atoms with Gasteiger partial charge in [-0.15, -0.1) is 0 Å². The minimum atomic E-state index is 0.699. The van der Waals surface area contributed by atoms with Crippen LogP contribution >= 0.6 is 0 Å². The van der Waals surface area contributed by atoms with E-state index in [1.165, 1.54) is 12.8 Å². The number of nitrogens with zero attached hydrogens (tertiary/aromatic N) is 5. The lowest BCUT2D eigenvalue weighted by molar-refractivity contribution is 0.148. The fourth-order valence-corrected chi connectivity index (χ4v) is 3.22. The summed E-state index contributed by atoms with van der Waals surface area (Å²) >= 11 is 0. The summed E-state index contributed by atoms with van der Waals surface area (Å²) in [5, 5.41) is 0. The molecule has 3 rings (SSSR count). The lowest BCUT2D eigenvalue weighted by Crippen LogP contribution is -2.37. The molecular weight excluding hydrogens is 278 g/mol. The van der Waals surface area contributed by atoms with Crippen LogP contribution in [0.3, 0.4) is 0 Å². The Labute approximate surface area is 131 Å². The smallest absolute Gasteiger partial charge is 0.122 e. The zero-order valence-corrected chi connectivity index (χ0v) is 13.3.